The Kier molecular flexibility index (Phi) is 5.28. The van der Waals surface area contributed by atoms with Crippen molar-refractivity contribution in [1.29, 1.82) is 5.26 Å². The Morgan fingerprint density at radius 1 is 1.20 bits per heavy atom. The molecule has 0 aromatic heterocycles. The summed E-state index contributed by atoms with van der Waals surface area (Å²) in [4.78, 5) is 27.2. The number of nitrogens with zero attached hydrogens (tertiary/aromatic N) is 2. The number of nitriles is 1. The molecule has 0 N–H and O–H groups in total. The zero-order valence-electron chi connectivity index (χ0n) is 16.8. The van der Waals surface area contributed by atoms with Crippen LogP contribution in [0.4, 0.5) is 0 Å². The molecular weight excluding hydrogens is 380 g/mol. The van der Waals surface area contributed by atoms with E-state index in [-0.39, 0.29) is 17.3 Å². The average Bonchev–Trinajstić information content (AvgIpc) is 2.77. The molecule has 30 heavy (non-hydrogen) atoms. The minimum absolute atomic E-state index is 0.0420. The molecular formula is C24H22N2O4. The molecule has 2 aromatic rings. The highest BCUT2D eigenvalue weighted by atomic mass is 16.5. The first kappa shape index (κ1) is 19.7. The summed E-state index contributed by atoms with van der Waals surface area (Å²) in [6.45, 7) is 0.860. The van der Waals surface area contributed by atoms with Crippen molar-refractivity contribution >= 4 is 17.8 Å². The van der Waals surface area contributed by atoms with E-state index in [0.29, 0.717) is 49.4 Å². The van der Waals surface area contributed by atoms with Gasteiger partial charge in [0, 0.05) is 32.0 Å². The average molecular weight is 402 g/mol. The number of ether oxygens (including phenoxy) is 2. The number of carbonyl (C=O) groups is 2. The van der Waals surface area contributed by atoms with Gasteiger partial charge < -0.3 is 14.4 Å². The molecule has 152 valence electrons. The van der Waals surface area contributed by atoms with Crippen LogP contribution in [-0.2, 0) is 4.79 Å². The molecule has 1 fully saturated rings. The Morgan fingerprint density at radius 3 is 2.60 bits per heavy atom. The molecule has 1 saturated heterocycles. The zero-order valence-corrected chi connectivity index (χ0v) is 16.8. The lowest BCUT2D eigenvalue weighted by Gasteiger charge is -2.43. The van der Waals surface area contributed by atoms with Crippen molar-refractivity contribution in [3.8, 4) is 17.6 Å². The summed E-state index contributed by atoms with van der Waals surface area (Å²) in [5.74, 6) is 0.920. The van der Waals surface area contributed by atoms with Gasteiger partial charge in [-0.25, -0.2) is 0 Å². The normalized spacial score (nSPS) is 17.7. The predicted molar refractivity (Wildman–Crippen MR) is 111 cm³/mol. The number of hydrogen-bond acceptors (Lipinski definition) is 5. The fourth-order valence-corrected chi connectivity index (χ4v) is 4.03. The highest BCUT2D eigenvalue weighted by molar-refractivity contribution is 6.02. The standard InChI is InChI=1S/C24H22N2O4/c1-29-19-7-8-20-21(27)15-24(30-22(20)14-19)9-11-26(12-10-24)23(28)18(16-25)13-17-5-3-2-4-6-17/h2-8,13-14H,9-12,15H2,1H3/b18-13+. The quantitative estimate of drug-likeness (QED) is 0.579. The third-order valence-corrected chi connectivity index (χ3v) is 5.72. The van der Waals surface area contributed by atoms with Gasteiger partial charge >= 0.3 is 0 Å². The molecule has 4 rings (SSSR count). The van der Waals surface area contributed by atoms with Crippen molar-refractivity contribution in [1.82, 2.24) is 4.90 Å². The van der Waals surface area contributed by atoms with Crippen molar-refractivity contribution in [3.63, 3.8) is 0 Å². The molecule has 2 aromatic carbocycles. The number of piperidine rings is 1. The van der Waals surface area contributed by atoms with E-state index in [4.69, 9.17) is 9.47 Å². The number of Topliss-reactive ketones (excluding diaryl/α,β-unsaturated/α-hetero) is 1. The number of carbonyl (C=O) groups excluding carboxylic acids is 2. The third-order valence-electron chi connectivity index (χ3n) is 5.72. The molecule has 0 bridgehead atoms. The lowest BCUT2D eigenvalue weighted by Crippen LogP contribution is -2.52. The Hall–Kier alpha value is -3.59. The number of methoxy groups -OCH3 is 1. The van der Waals surface area contributed by atoms with E-state index in [1.54, 1.807) is 36.3 Å². The summed E-state index contributed by atoms with van der Waals surface area (Å²) in [5.41, 5.74) is 0.858. The van der Waals surface area contributed by atoms with Crippen LogP contribution in [0.5, 0.6) is 11.5 Å². The minimum Gasteiger partial charge on any atom is -0.497 e. The molecule has 0 radical (unpaired) electrons. The summed E-state index contributed by atoms with van der Waals surface area (Å²) >= 11 is 0. The molecule has 6 heteroatoms. The van der Waals surface area contributed by atoms with Crippen LogP contribution in [0, 0.1) is 11.3 Å². The first-order chi connectivity index (χ1) is 14.5. The topological polar surface area (TPSA) is 79.6 Å². The summed E-state index contributed by atoms with van der Waals surface area (Å²) < 4.78 is 11.5. The van der Waals surface area contributed by atoms with Gasteiger partial charge in [0.1, 0.15) is 28.7 Å². The highest BCUT2D eigenvalue weighted by Crippen LogP contribution is 2.40. The van der Waals surface area contributed by atoms with Crippen LogP contribution < -0.4 is 9.47 Å². The van der Waals surface area contributed by atoms with Crippen LogP contribution >= 0.6 is 0 Å². The van der Waals surface area contributed by atoms with Gasteiger partial charge in [-0.1, -0.05) is 30.3 Å². The highest BCUT2D eigenvalue weighted by Gasteiger charge is 2.44. The van der Waals surface area contributed by atoms with Crippen molar-refractivity contribution in [3.05, 3.63) is 65.2 Å². The number of hydrogen-bond donors (Lipinski definition) is 0. The van der Waals surface area contributed by atoms with Crippen molar-refractivity contribution in [2.24, 2.45) is 0 Å². The van der Waals surface area contributed by atoms with Crippen molar-refractivity contribution in [2.75, 3.05) is 20.2 Å². The van der Waals surface area contributed by atoms with Crippen LogP contribution in [0.1, 0.15) is 35.2 Å². The molecule has 2 aliphatic rings. The van der Waals surface area contributed by atoms with Crippen molar-refractivity contribution in [2.45, 2.75) is 24.9 Å². The number of fused-ring (bicyclic) bond motifs is 1. The van der Waals surface area contributed by atoms with E-state index in [1.165, 1.54) is 0 Å². The number of likely N-dealkylation sites (tertiary alicyclic amines) is 1. The molecule has 0 atom stereocenters. The van der Waals surface area contributed by atoms with Gasteiger partial charge in [-0.05, 0) is 23.8 Å². The minimum atomic E-state index is -0.622. The van der Waals surface area contributed by atoms with Crippen LogP contribution in [0.15, 0.2) is 54.1 Å². The second-order valence-electron chi connectivity index (χ2n) is 7.62. The molecule has 0 unspecified atom stereocenters. The maximum Gasteiger partial charge on any atom is 0.264 e. The van der Waals surface area contributed by atoms with Crippen molar-refractivity contribution < 1.29 is 19.1 Å². The Morgan fingerprint density at radius 2 is 1.93 bits per heavy atom. The predicted octanol–water partition coefficient (Wildman–Crippen LogP) is 3.63. The number of benzene rings is 2. The number of amides is 1. The SMILES string of the molecule is COc1ccc2c(c1)OC1(CCN(C(=O)/C(C#N)=C/c3ccccc3)CC1)CC2=O. The van der Waals surface area contributed by atoms with E-state index in [2.05, 4.69) is 0 Å². The van der Waals surface area contributed by atoms with Gasteiger partial charge in [0.15, 0.2) is 5.78 Å². The molecule has 2 aliphatic heterocycles. The molecule has 1 amide bonds. The van der Waals surface area contributed by atoms with Crippen LogP contribution in [0.25, 0.3) is 6.08 Å². The Bertz CT molecular complexity index is 1040. The van der Waals surface area contributed by atoms with Gasteiger partial charge in [-0.2, -0.15) is 5.26 Å². The molecule has 6 nitrogen and oxygen atoms in total. The molecule has 0 aliphatic carbocycles. The van der Waals surface area contributed by atoms with Crippen LogP contribution in [0.2, 0.25) is 0 Å². The van der Waals surface area contributed by atoms with E-state index in [0.717, 1.165) is 5.56 Å². The van der Waals surface area contributed by atoms with E-state index >= 15 is 0 Å². The van der Waals surface area contributed by atoms with Crippen LogP contribution in [-0.4, -0.2) is 42.4 Å². The van der Waals surface area contributed by atoms with Gasteiger partial charge in [0.25, 0.3) is 5.91 Å². The second kappa shape index (κ2) is 8.03. The second-order valence-corrected chi connectivity index (χ2v) is 7.62. The molecule has 2 heterocycles. The van der Waals surface area contributed by atoms with Gasteiger partial charge in [0.2, 0.25) is 0 Å². The Balaban J connectivity index is 1.48. The lowest BCUT2D eigenvalue weighted by atomic mass is 9.82. The van der Waals surface area contributed by atoms with Gasteiger partial charge in [-0.15, -0.1) is 0 Å². The number of rotatable bonds is 3. The van der Waals surface area contributed by atoms with E-state index in [1.807, 2.05) is 36.4 Å². The zero-order chi connectivity index (χ0) is 21.1. The summed E-state index contributed by atoms with van der Waals surface area (Å²) in [6.07, 6.45) is 2.96. The first-order valence-electron chi connectivity index (χ1n) is 9.90. The fraction of sp³-hybridized carbons (Fsp3) is 0.292. The third kappa shape index (κ3) is 3.79. The summed E-state index contributed by atoms with van der Waals surface area (Å²) in [5, 5.41) is 9.48. The summed E-state index contributed by atoms with van der Waals surface area (Å²) in [7, 11) is 1.57. The maximum absolute atomic E-state index is 12.9. The van der Waals surface area contributed by atoms with Gasteiger partial charge in [-0.3, -0.25) is 9.59 Å². The maximum atomic E-state index is 12.9. The molecule has 1 spiro atoms. The Labute approximate surface area is 175 Å². The summed E-state index contributed by atoms with van der Waals surface area (Å²) in [6, 6.07) is 16.6. The molecule has 0 saturated carbocycles. The largest absolute Gasteiger partial charge is 0.497 e. The van der Waals surface area contributed by atoms with E-state index < -0.39 is 5.60 Å². The number of ketones is 1. The first-order valence-corrected chi connectivity index (χ1v) is 9.90. The van der Waals surface area contributed by atoms with Gasteiger partial charge in [0.05, 0.1) is 19.1 Å². The monoisotopic (exact) mass is 402 g/mol. The lowest BCUT2D eigenvalue weighted by molar-refractivity contribution is -0.130. The smallest absolute Gasteiger partial charge is 0.264 e. The van der Waals surface area contributed by atoms with E-state index in [9.17, 15) is 14.9 Å². The fourth-order valence-electron chi connectivity index (χ4n) is 4.03. The van der Waals surface area contributed by atoms with Crippen LogP contribution in [0.3, 0.4) is 0 Å².